The summed E-state index contributed by atoms with van der Waals surface area (Å²) in [5.41, 5.74) is 0. The van der Waals surface area contributed by atoms with Gasteiger partial charge in [-0.2, -0.15) is 0 Å². The van der Waals surface area contributed by atoms with Gasteiger partial charge in [0.2, 0.25) is 5.91 Å². The van der Waals surface area contributed by atoms with Crippen molar-refractivity contribution in [2.45, 2.75) is 38.8 Å². The molecule has 0 spiro atoms. The molecule has 142 valence electrons. The van der Waals surface area contributed by atoms with Crippen LogP contribution in [0.15, 0.2) is 27.8 Å². The first-order valence-electron chi connectivity index (χ1n) is 8.58. The van der Waals surface area contributed by atoms with E-state index in [1.54, 1.807) is 13.3 Å². The molecule has 0 bridgehead atoms. The summed E-state index contributed by atoms with van der Waals surface area (Å²) >= 11 is 0. The molecule has 1 fully saturated rings. The van der Waals surface area contributed by atoms with Gasteiger partial charge in [-0.05, 0) is 25.0 Å². The molecule has 8 heteroatoms. The Labute approximate surface area is 166 Å². The van der Waals surface area contributed by atoms with E-state index in [4.69, 9.17) is 9.15 Å². The summed E-state index contributed by atoms with van der Waals surface area (Å²) in [6.07, 6.45) is 4.05. The van der Waals surface area contributed by atoms with Gasteiger partial charge in [-0.25, -0.2) is 0 Å². The van der Waals surface area contributed by atoms with E-state index >= 15 is 0 Å². The van der Waals surface area contributed by atoms with Gasteiger partial charge in [0.25, 0.3) is 0 Å². The molecular formula is C17H29IN4O3. The van der Waals surface area contributed by atoms with Gasteiger partial charge in [-0.3, -0.25) is 9.79 Å². The Balaban J connectivity index is 0.00000312. The number of aliphatic imine (C=N–C) groups is 1. The maximum absolute atomic E-state index is 11.7. The summed E-state index contributed by atoms with van der Waals surface area (Å²) in [5, 5.41) is 6.66. The predicted molar refractivity (Wildman–Crippen MR) is 108 cm³/mol. The normalized spacial score (nSPS) is 17.3. The van der Waals surface area contributed by atoms with Crippen molar-refractivity contribution >= 4 is 35.8 Å². The molecule has 1 unspecified atom stereocenters. The van der Waals surface area contributed by atoms with E-state index in [1.165, 1.54) is 0 Å². The van der Waals surface area contributed by atoms with E-state index in [0.717, 1.165) is 44.2 Å². The molecule has 0 aromatic carbocycles. The largest absolute Gasteiger partial charge is 0.467 e. The molecule has 0 aliphatic carbocycles. The van der Waals surface area contributed by atoms with Crippen LogP contribution in [0.3, 0.4) is 0 Å². The van der Waals surface area contributed by atoms with Gasteiger partial charge in [-0.1, -0.05) is 6.92 Å². The lowest BCUT2D eigenvalue weighted by atomic mass is 10.3. The fourth-order valence-corrected chi connectivity index (χ4v) is 2.66. The fraction of sp³-hybridized carbons (Fsp3) is 0.647. The van der Waals surface area contributed by atoms with Gasteiger partial charge in [-0.15, -0.1) is 24.0 Å². The van der Waals surface area contributed by atoms with Crippen LogP contribution in [0.2, 0.25) is 0 Å². The third kappa shape index (κ3) is 7.64. The Kier molecular flexibility index (Phi) is 10.6. The van der Waals surface area contributed by atoms with Gasteiger partial charge in [0.05, 0.1) is 6.26 Å². The lowest BCUT2D eigenvalue weighted by Gasteiger charge is -2.18. The number of nitrogens with one attached hydrogen (secondary N) is 2. The minimum atomic E-state index is 0. The quantitative estimate of drug-likeness (QED) is 0.266. The van der Waals surface area contributed by atoms with Crippen molar-refractivity contribution < 1.29 is 13.9 Å². The topological polar surface area (TPSA) is 79.1 Å². The Morgan fingerprint density at radius 2 is 2.36 bits per heavy atom. The highest BCUT2D eigenvalue weighted by molar-refractivity contribution is 14.0. The Bertz CT molecular complexity index is 522. The highest BCUT2D eigenvalue weighted by Gasteiger charge is 2.25. The van der Waals surface area contributed by atoms with Crippen molar-refractivity contribution in [3.05, 3.63) is 24.2 Å². The van der Waals surface area contributed by atoms with Crippen LogP contribution < -0.4 is 10.6 Å². The molecule has 2 heterocycles. The zero-order valence-electron chi connectivity index (χ0n) is 15.0. The van der Waals surface area contributed by atoms with Gasteiger partial charge in [0.15, 0.2) is 5.96 Å². The molecule has 0 radical (unpaired) electrons. The van der Waals surface area contributed by atoms with Crippen LogP contribution in [0.1, 0.15) is 31.9 Å². The summed E-state index contributed by atoms with van der Waals surface area (Å²) in [6.45, 7) is 5.41. The number of carbonyl (C=O) groups is 1. The summed E-state index contributed by atoms with van der Waals surface area (Å²) in [6, 6.07) is 4.02. The van der Waals surface area contributed by atoms with E-state index < -0.39 is 0 Å². The van der Waals surface area contributed by atoms with E-state index in [9.17, 15) is 4.79 Å². The lowest BCUT2D eigenvalue weighted by Crippen LogP contribution is -2.45. The maximum Gasteiger partial charge on any atom is 0.222 e. The molecular weight excluding hydrogens is 435 g/mol. The van der Waals surface area contributed by atoms with Crippen LogP contribution in [0, 0.1) is 0 Å². The SMILES string of the molecule is CCC(=O)N1CCC(NC(=NC)NCCCOCc2ccco2)C1.I. The average Bonchev–Trinajstić information content (AvgIpc) is 3.27. The highest BCUT2D eigenvalue weighted by Crippen LogP contribution is 2.10. The minimum Gasteiger partial charge on any atom is -0.467 e. The van der Waals surface area contributed by atoms with Gasteiger partial charge < -0.3 is 24.7 Å². The number of rotatable bonds is 8. The van der Waals surface area contributed by atoms with E-state index in [0.29, 0.717) is 19.6 Å². The third-order valence-corrected chi connectivity index (χ3v) is 3.99. The number of guanidine groups is 1. The van der Waals surface area contributed by atoms with Crippen molar-refractivity contribution in [3.8, 4) is 0 Å². The number of ether oxygens (including phenoxy) is 1. The Hall–Kier alpha value is -1.29. The number of likely N-dealkylation sites (tertiary alicyclic amines) is 1. The fourth-order valence-electron chi connectivity index (χ4n) is 2.66. The molecule has 1 aliphatic rings. The number of carbonyl (C=O) groups excluding carboxylic acids is 1. The molecule has 7 nitrogen and oxygen atoms in total. The number of halogens is 1. The maximum atomic E-state index is 11.7. The van der Waals surface area contributed by atoms with E-state index in [2.05, 4.69) is 15.6 Å². The highest BCUT2D eigenvalue weighted by atomic mass is 127. The molecule has 1 aromatic rings. The van der Waals surface area contributed by atoms with Crippen LogP contribution >= 0.6 is 24.0 Å². The van der Waals surface area contributed by atoms with Gasteiger partial charge in [0, 0.05) is 45.8 Å². The second kappa shape index (κ2) is 12.1. The monoisotopic (exact) mass is 464 g/mol. The zero-order valence-corrected chi connectivity index (χ0v) is 17.3. The Morgan fingerprint density at radius 3 is 3.04 bits per heavy atom. The first-order chi connectivity index (χ1) is 11.7. The summed E-state index contributed by atoms with van der Waals surface area (Å²) in [5.74, 6) is 1.83. The molecule has 1 aliphatic heterocycles. The molecule has 25 heavy (non-hydrogen) atoms. The first kappa shape index (κ1) is 21.8. The van der Waals surface area contributed by atoms with Crippen LogP contribution in [0.4, 0.5) is 0 Å². The van der Waals surface area contributed by atoms with Crippen LogP contribution in [0.25, 0.3) is 0 Å². The van der Waals surface area contributed by atoms with E-state index in [1.807, 2.05) is 24.0 Å². The smallest absolute Gasteiger partial charge is 0.222 e. The third-order valence-electron chi connectivity index (χ3n) is 3.99. The summed E-state index contributed by atoms with van der Waals surface area (Å²) in [4.78, 5) is 17.8. The Morgan fingerprint density at radius 1 is 1.52 bits per heavy atom. The second-order valence-electron chi connectivity index (χ2n) is 5.81. The predicted octanol–water partition coefficient (Wildman–Crippen LogP) is 1.98. The van der Waals surface area contributed by atoms with Crippen LogP contribution in [0.5, 0.6) is 0 Å². The van der Waals surface area contributed by atoms with Crippen LogP contribution in [-0.4, -0.2) is 56.1 Å². The summed E-state index contributed by atoms with van der Waals surface area (Å²) in [7, 11) is 1.76. The van der Waals surface area contributed by atoms with Crippen molar-refractivity contribution in [2.24, 2.45) is 4.99 Å². The van der Waals surface area contributed by atoms with Crippen molar-refractivity contribution in [3.63, 3.8) is 0 Å². The molecule has 1 atom stereocenters. The van der Waals surface area contributed by atoms with Crippen LogP contribution in [-0.2, 0) is 16.1 Å². The molecule has 1 amide bonds. The molecule has 2 rings (SSSR count). The number of hydrogen-bond donors (Lipinski definition) is 2. The number of amides is 1. The van der Waals surface area contributed by atoms with E-state index in [-0.39, 0.29) is 35.9 Å². The average molecular weight is 464 g/mol. The van der Waals surface area contributed by atoms with Gasteiger partial charge >= 0.3 is 0 Å². The zero-order chi connectivity index (χ0) is 17.2. The standard InChI is InChI=1S/C17H28N4O3.HI/c1-3-16(22)21-9-7-14(12-21)20-17(18-2)19-8-5-10-23-13-15-6-4-11-24-15;/h4,6,11,14H,3,5,7-10,12-13H2,1-2H3,(H2,18,19,20);1H. The molecule has 1 aromatic heterocycles. The second-order valence-corrected chi connectivity index (χ2v) is 5.81. The first-order valence-corrected chi connectivity index (χ1v) is 8.58. The van der Waals surface area contributed by atoms with Crippen molar-refractivity contribution in [1.82, 2.24) is 15.5 Å². The van der Waals surface area contributed by atoms with Gasteiger partial charge in [0.1, 0.15) is 12.4 Å². The van der Waals surface area contributed by atoms with Crippen molar-refractivity contribution in [2.75, 3.05) is 33.3 Å². The number of hydrogen-bond acceptors (Lipinski definition) is 4. The summed E-state index contributed by atoms with van der Waals surface area (Å²) < 4.78 is 10.7. The number of nitrogens with zero attached hydrogens (tertiary/aromatic N) is 2. The lowest BCUT2D eigenvalue weighted by molar-refractivity contribution is -0.129. The van der Waals surface area contributed by atoms with Crippen molar-refractivity contribution in [1.29, 1.82) is 0 Å². The molecule has 2 N–H and O–H groups in total. The molecule has 1 saturated heterocycles. The molecule has 0 saturated carbocycles. The minimum absolute atomic E-state index is 0. The number of furan rings is 1.